The van der Waals surface area contributed by atoms with Crippen LogP contribution in [-0.2, 0) is 27.6 Å². The number of hydrogen-bond donors (Lipinski definition) is 3. The second-order valence-corrected chi connectivity index (χ2v) is 8.59. The van der Waals surface area contributed by atoms with E-state index in [-0.39, 0.29) is 17.2 Å². The van der Waals surface area contributed by atoms with Gasteiger partial charge in [0.25, 0.3) is 0 Å². The van der Waals surface area contributed by atoms with Gasteiger partial charge in [-0.25, -0.2) is 8.42 Å². The first-order chi connectivity index (χ1) is 13.8. The number of anilines is 2. The van der Waals surface area contributed by atoms with Crippen molar-refractivity contribution in [3.63, 3.8) is 0 Å². The van der Waals surface area contributed by atoms with Gasteiger partial charge in [0.15, 0.2) is 0 Å². The lowest BCUT2D eigenvalue weighted by molar-refractivity contribution is 0.485. The molecule has 29 heavy (non-hydrogen) atoms. The highest BCUT2D eigenvalue weighted by molar-refractivity contribution is 7.87. The van der Waals surface area contributed by atoms with Crippen LogP contribution in [0.1, 0.15) is 5.56 Å². The molecule has 0 saturated carbocycles. The van der Waals surface area contributed by atoms with E-state index in [1.807, 2.05) is 0 Å². The van der Waals surface area contributed by atoms with Crippen molar-refractivity contribution < 1.29 is 21.0 Å². The van der Waals surface area contributed by atoms with E-state index in [0.717, 1.165) is 0 Å². The molecule has 3 aromatic rings. The van der Waals surface area contributed by atoms with Gasteiger partial charge in [-0.15, -0.1) is 0 Å². The number of halogens is 1. The van der Waals surface area contributed by atoms with E-state index in [4.69, 9.17) is 15.8 Å². The fourth-order valence-electron chi connectivity index (χ4n) is 2.54. The number of rotatable bonds is 8. The molecule has 0 saturated heterocycles. The SMILES string of the molecule is O=[SH](=O)Nc1ccc(NCc2cc(Cl)ccc2S(=O)(=O)Oc2ccccc2)cc1. The summed E-state index contributed by atoms with van der Waals surface area (Å²) in [5.74, 6) is 0.209. The van der Waals surface area contributed by atoms with Gasteiger partial charge in [0.05, 0.1) is 0 Å². The Morgan fingerprint density at radius 1 is 0.897 bits per heavy atom. The van der Waals surface area contributed by atoms with Gasteiger partial charge in [0.1, 0.15) is 10.6 Å². The number of thiol groups is 1. The standard InChI is InChI=1S/C19H17ClN2O5S2/c20-15-6-11-19(29(25,26)27-18-4-2-1-3-5-18)14(12-15)13-21-16-7-9-17(10-8-16)22-28(23)24/h1-12,21,28H,13H2,(H,22,23,24). The molecule has 0 atom stereocenters. The van der Waals surface area contributed by atoms with E-state index >= 15 is 0 Å². The van der Waals surface area contributed by atoms with Crippen LogP contribution in [0.4, 0.5) is 11.4 Å². The lowest BCUT2D eigenvalue weighted by atomic mass is 10.2. The average Bonchev–Trinajstić information content (AvgIpc) is 2.67. The van der Waals surface area contributed by atoms with E-state index in [1.54, 1.807) is 60.7 Å². The maximum Gasteiger partial charge on any atom is 0.339 e. The molecule has 3 aromatic carbocycles. The monoisotopic (exact) mass is 452 g/mol. The Bertz CT molecular complexity index is 1160. The summed E-state index contributed by atoms with van der Waals surface area (Å²) in [6, 6.07) is 19.2. The van der Waals surface area contributed by atoms with Crippen LogP contribution in [0.2, 0.25) is 5.02 Å². The average molecular weight is 453 g/mol. The Morgan fingerprint density at radius 3 is 2.21 bits per heavy atom. The molecule has 0 radical (unpaired) electrons. The zero-order chi connectivity index (χ0) is 20.9. The number of benzene rings is 3. The molecule has 0 spiro atoms. The molecule has 7 nitrogen and oxygen atoms in total. The minimum Gasteiger partial charge on any atom is -0.381 e. The second-order valence-electron chi connectivity index (χ2n) is 5.90. The maximum absolute atomic E-state index is 12.7. The second kappa shape index (κ2) is 9.17. The molecule has 0 fully saturated rings. The lowest BCUT2D eigenvalue weighted by Crippen LogP contribution is -2.14. The lowest BCUT2D eigenvalue weighted by Gasteiger charge is -2.13. The summed E-state index contributed by atoms with van der Waals surface area (Å²) in [5.41, 5.74) is 1.52. The van der Waals surface area contributed by atoms with Gasteiger partial charge >= 0.3 is 10.1 Å². The summed E-state index contributed by atoms with van der Waals surface area (Å²) in [5, 5.41) is 3.48. The normalized spacial score (nSPS) is 11.2. The molecule has 2 N–H and O–H groups in total. The van der Waals surface area contributed by atoms with Gasteiger partial charge in [0, 0.05) is 22.9 Å². The van der Waals surface area contributed by atoms with E-state index < -0.39 is 21.0 Å². The van der Waals surface area contributed by atoms with Crippen molar-refractivity contribution in [1.29, 1.82) is 0 Å². The molecule has 0 aromatic heterocycles. The fraction of sp³-hybridized carbons (Fsp3) is 0.0526. The quantitative estimate of drug-likeness (QED) is 0.356. The molecule has 3 rings (SSSR count). The predicted octanol–water partition coefficient (Wildman–Crippen LogP) is 3.66. The van der Waals surface area contributed by atoms with Crippen LogP contribution in [0.5, 0.6) is 5.75 Å². The first-order valence-electron chi connectivity index (χ1n) is 8.36. The smallest absolute Gasteiger partial charge is 0.339 e. The van der Waals surface area contributed by atoms with Crippen molar-refractivity contribution in [3.05, 3.63) is 83.4 Å². The van der Waals surface area contributed by atoms with Crippen LogP contribution in [0.3, 0.4) is 0 Å². The van der Waals surface area contributed by atoms with Crippen molar-refractivity contribution in [2.45, 2.75) is 11.4 Å². The third-order valence-corrected chi connectivity index (χ3v) is 5.85. The van der Waals surface area contributed by atoms with Crippen molar-refractivity contribution in [2.75, 3.05) is 10.0 Å². The molecule has 0 aliphatic rings. The summed E-state index contributed by atoms with van der Waals surface area (Å²) >= 11 is 6.05. The Morgan fingerprint density at radius 2 is 1.55 bits per heavy atom. The third-order valence-electron chi connectivity index (χ3n) is 3.83. The molecule has 0 amide bonds. The van der Waals surface area contributed by atoms with E-state index in [1.165, 1.54) is 12.1 Å². The van der Waals surface area contributed by atoms with E-state index in [2.05, 4.69) is 10.0 Å². The van der Waals surface area contributed by atoms with Gasteiger partial charge < -0.3 is 9.50 Å². The van der Waals surface area contributed by atoms with Gasteiger partial charge in [-0.1, -0.05) is 29.8 Å². The molecular weight excluding hydrogens is 436 g/mol. The van der Waals surface area contributed by atoms with Gasteiger partial charge in [-0.05, 0) is 60.2 Å². The Kier molecular flexibility index (Phi) is 6.63. The molecular formula is C19H17ClN2O5S2. The summed E-state index contributed by atoms with van der Waals surface area (Å²) in [6.45, 7) is 0.163. The highest BCUT2D eigenvalue weighted by Gasteiger charge is 2.21. The Balaban J connectivity index is 1.80. The zero-order valence-corrected chi connectivity index (χ0v) is 17.4. The van der Waals surface area contributed by atoms with Crippen molar-refractivity contribution >= 4 is 44.0 Å². The molecule has 152 valence electrons. The number of hydrogen-bond acceptors (Lipinski definition) is 6. The number of para-hydroxylation sites is 1. The van der Waals surface area contributed by atoms with Gasteiger partial charge in [0.2, 0.25) is 10.9 Å². The third kappa shape index (κ3) is 5.86. The van der Waals surface area contributed by atoms with Crippen molar-refractivity contribution in [2.24, 2.45) is 0 Å². The fourth-order valence-corrected chi connectivity index (χ4v) is 4.24. The first kappa shape index (κ1) is 21.0. The van der Waals surface area contributed by atoms with Crippen LogP contribution in [0, 0.1) is 0 Å². The van der Waals surface area contributed by atoms with Crippen LogP contribution < -0.4 is 14.2 Å². The summed E-state index contributed by atoms with van der Waals surface area (Å²) < 4.78 is 54.3. The molecule has 0 aliphatic heterocycles. The maximum atomic E-state index is 12.7. The summed E-state index contributed by atoms with van der Waals surface area (Å²) in [4.78, 5) is -0.000100. The minimum absolute atomic E-state index is 0.000100. The van der Waals surface area contributed by atoms with Crippen molar-refractivity contribution in [1.82, 2.24) is 0 Å². The minimum atomic E-state index is -4.06. The number of nitrogens with one attached hydrogen (secondary N) is 2. The predicted molar refractivity (Wildman–Crippen MR) is 113 cm³/mol. The van der Waals surface area contributed by atoms with Crippen molar-refractivity contribution in [3.8, 4) is 5.75 Å². The van der Waals surface area contributed by atoms with Crippen LogP contribution in [-0.4, -0.2) is 16.8 Å². The summed E-state index contributed by atoms with van der Waals surface area (Å²) in [7, 11) is -6.80. The molecule has 0 unspecified atom stereocenters. The Labute approximate surface area is 175 Å². The van der Waals surface area contributed by atoms with Gasteiger partial charge in [-0.2, -0.15) is 8.42 Å². The van der Waals surface area contributed by atoms with E-state index in [9.17, 15) is 16.8 Å². The highest BCUT2D eigenvalue weighted by Crippen LogP contribution is 2.25. The van der Waals surface area contributed by atoms with Gasteiger partial charge in [-0.3, -0.25) is 4.72 Å². The Hall–Kier alpha value is -2.75. The van der Waals surface area contributed by atoms with Crippen LogP contribution in [0.25, 0.3) is 0 Å². The summed E-state index contributed by atoms with van der Waals surface area (Å²) in [6.07, 6.45) is 0. The topological polar surface area (TPSA) is 102 Å². The highest BCUT2D eigenvalue weighted by atomic mass is 35.5. The van der Waals surface area contributed by atoms with Crippen LogP contribution in [0.15, 0.2) is 77.7 Å². The molecule has 10 heteroatoms. The largest absolute Gasteiger partial charge is 0.381 e. The molecule has 0 heterocycles. The zero-order valence-electron chi connectivity index (χ0n) is 14.9. The first-order valence-corrected chi connectivity index (χ1v) is 11.3. The van der Waals surface area contributed by atoms with Crippen LogP contribution >= 0.6 is 11.6 Å². The van der Waals surface area contributed by atoms with E-state index in [0.29, 0.717) is 22.0 Å². The molecule has 0 aliphatic carbocycles. The molecule has 0 bridgehead atoms.